The average Bonchev–Trinajstić information content (AvgIpc) is 3.52. The number of nitrogens with zero attached hydrogens (tertiary/aromatic N) is 8. The SMILES string of the molecule is CC(=O)N1c2ccc(-c3ccc(CN(C)C(=O)c4cn5cc(-c6cnc(N)nc6)nc(N6CCOCC6)c5n4)cc3)cc2CC[C@@H]1C. The van der Waals surface area contributed by atoms with E-state index in [1.807, 2.05) is 27.6 Å². The van der Waals surface area contributed by atoms with Crippen LogP contribution in [0.3, 0.4) is 0 Å². The van der Waals surface area contributed by atoms with Gasteiger partial charge >= 0.3 is 0 Å². The summed E-state index contributed by atoms with van der Waals surface area (Å²) in [6.07, 6.45) is 8.74. The minimum Gasteiger partial charge on any atom is -0.378 e. The second kappa shape index (κ2) is 12.4. The van der Waals surface area contributed by atoms with Crippen molar-refractivity contribution in [1.82, 2.24) is 29.2 Å². The van der Waals surface area contributed by atoms with Gasteiger partial charge in [0.1, 0.15) is 5.69 Å². The van der Waals surface area contributed by atoms with Crippen molar-refractivity contribution in [3.05, 3.63) is 84.1 Å². The number of rotatable bonds is 6. The largest absolute Gasteiger partial charge is 0.378 e. The van der Waals surface area contributed by atoms with Crippen LogP contribution in [0.15, 0.2) is 67.3 Å². The Labute approximate surface area is 272 Å². The number of hydrogen-bond donors (Lipinski definition) is 1. The molecule has 2 aliphatic heterocycles. The highest BCUT2D eigenvalue weighted by Gasteiger charge is 2.26. The Kier molecular flexibility index (Phi) is 8.02. The van der Waals surface area contributed by atoms with E-state index in [1.165, 1.54) is 5.56 Å². The maximum absolute atomic E-state index is 13.7. The molecule has 1 saturated heterocycles. The lowest BCUT2D eigenvalue weighted by molar-refractivity contribution is -0.117. The Hall–Kier alpha value is -5.36. The van der Waals surface area contributed by atoms with Crippen molar-refractivity contribution in [3.8, 4) is 22.4 Å². The highest BCUT2D eigenvalue weighted by molar-refractivity contribution is 5.94. The van der Waals surface area contributed by atoms with E-state index >= 15 is 0 Å². The number of morpholine rings is 1. The molecule has 1 fully saturated rings. The molecule has 2 amide bonds. The van der Waals surface area contributed by atoms with E-state index in [9.17, 15) is 9.59 Å². The van der Waals surface area contributed by atoms with Gasteiger partial charge in [-0.1, -0.05) is 30.3 Å². The van der Waals surface area contributed by atoms with Crippen LogP contribution in [-0.2, 0) is 22.5 Å². The maximum Gasteiger partial charge on any atom is 0.274 e. The molecule has 0 aliphatic carbocycles. The smallest absolute Gasteiger partial charge is 0.274 e. The zero-order valence-electron chi connectivity index (χ0n) is 26.8. The fourth-order valence-electron chi connectivity index (χ4n) is 6.44. The minimum atomic E-state index is -0.193. The molecule has 0 unspecified atom stereocenters. The average molecular weight is 632 g/mol. The van der Waals surface area contributed by atoms with Crippen LogP contribution in [0.1, 0.15) is 41.9 Å². The number of carbonyl (C=O) groups excluding carboxylic acids is 2. The van der Waals surface area contributed by atoms with E-state index in [0.717, 1.165) is 35.2 Å². The third-order valence-electron chi connectivity index (χ3n) is 8.92. The fraction of sp³-hybridized carbons (Fsp3) is 0.314. The third kappa shape index (κ3) is 5.99. The summed E-state index contributed by atoms with van der Waals surface area (Å²) in [6.45, 7) is 6.65. The number of benzene rings is 2. The number of anilines is 3. The number of ether oxygens (including phenoxy) is 1. The number of aryl methyl sites for hydroxylation is 1. The van der Waals surface area contributed by atoms with Gasteiger partial charge in [-0.3, -0.25) is 9.59 Å². The first kappa shape index (κ1) is 30.3. The van der Waals surface area contributed by atoms with Gasteiger partial charge in [-0.05, 0) is 54.2 Å². The van der Waals surface area contributed by atoms with Crippen molar-refractivity contribution in [2.45, 2.75) is 39.3 Å². The molecule has 3 aromatic heterocycles. The zero-order valence-corrected chi connectivity index (χ0v) is 26.8. The number of nitrogens with two attached hydrogens (primary N) is 1. The first-order chi connectivity index (χ1) is 22.7. The van der Waals surface area contributed by atoms with Crippen LogP contribution < -0.4 is 15.5 Å². The van der Waals surface area contributed by atoms with Crippen LogP contribution in [0.25, 0.3) is 28.0 Å². The van der Waals surface area contributed by atoms with Crippen molar-refractivity contribution < 1.29 is 14.3 Å². The fourth-order valence-corrected chi connectivity index (χ4v) is 6.44. The summed E-state index contributed by atoms with van der Waals surface area (Å²) < 4.78 is 7.40. The molecule has 7 rings (SSSR count). The number of nitrogen functional groups attached to an aromatic ring is 1. The zero-order chi connectivity index (χ0) is 32.7. The standard InChI is InChI=1S/C35H37N9O3/c1-22-4-7-27-16-26(10-11-31(27)44(22)23(2)45)25-8-5-24(6-9-25)19-41(3)34(46)30-21-43-20-29(28-17-37-35(36)38-18-28)39-32(33(43)40-30)42-12-14-47-15-13-42/h5-6,8-11,16-18,20-22H,4,7,12-15,19H2,1-3H3,(H2,36,37,38)/t22-/m0/s1. The molecule has 2 aliphatic rings. The normalized spacial score (nSPS) is 16.3. The quantitative estimate of drug-likeness (QED) is 0.292. The van der Waals surface area contributed by atoms with Gasteiger partial charge in [0.2, 0.25) is 11.9 Å². The van der Waals surface area contributed by atoms with Crippen molar-refractivity contribution in [2.24, 2.45) is 0 Å². The molecule has 0 radical (unpaired) electrons. The number of aromatic nitrogens is 5. The Bertz CT molecular complexity index is 1950. The maximum atomic E-state index is 13.7. The van der Waals surface area contributed by atoms with Crippen LogP contribution in [0, 0.1) is 0 Å². The molecule has 12 nitrogen and oxygen atoms in total. The van der Waals surface area contributed by atoms with E-state index < -0.39 is 0 Å². The Balaban J connectivity index is 1.11. The first-order valence-corrected chi connectivity index (χ1v) is 15.8. The summed E-state index contributed by atoms with van der Waals surface area (Å²) in [5.74, 6) is 0.740. The molecule has 0 bridgehead atoms. The number of imidazole rings is 1. The summed E-state index contributed by atoms with van der Waals surface area (Å²) in [7, 11) is 1.78. The molecular formula is C35H37N9O3. The molecule has 0 saturated carbocycles. The van der Waals surface area contributed by atoms with Crippen LogP contribution in [0.4, 0.5) is 17.5 Å². The molecule has 1 atom stereocenters. The first-order valence-electron chi connectivity index (χ1n) is 15.8. The molecular weight excluding hydrogens is 594 g/mol. The van der Waals surface area contributed by atoms with E-state index in [-0.39, 0.29) is 23.8 Å². The van der Waals surface area contributed by atoms with Gasteiger partial charge in [0.05, 0.1) is 18.9 Å². The minimum absolute atomic E-state index is 0.0742. The van der Waals surface area contributed by atoms with Gasteiger partial charge in [-0.2, -0.15) is 0 Å². The highest BCUT2D eigenvalue weighted by atomic mass is 16.5. The molecule has 0 spiro atoms. The molecule has 47 heavy (non-hydrogen) atoms. The summed E-state index contributed by atoms with van der Waals surface area (Å²) in [5.41, 5.74) is 13.4. The molecule has 240 valence electrons. The molecule has 2 aromatic carbocycles. The summed E-state index contributed by atoms with van der Waals surface area (Å²) in [4.78, 5) is 49.5. The molecule has 2 N–H and O–H groups in total. The van der Waals surface area contributed by atoms with Crippen LogP contribution in [-0.4, -0.2) is 80.4 Å². The van der Waals surface area contributed by atoms with Gasteiger partial charge in [-0.25, -0.2) is 19.9 Å². The predicted octanol–water partition coefficient (Wildman–Crippen LogP) is 4.23. The van der Waals surface area contributed by atoms with Crippen molar-refractivity contribution in [2.75, 3.05) is 48.9 Å². The lowest BCUT2D eigenvalue weighted by Gasteiger charge is -2.34. The summed E-state index contributed by atoms with van der Waals surface area (Å²) >= 11 is 0. The second-order valence-electron chi connectivity index (χ2n) is 12.2. The number of hydrogen-bond acceptors (Lipinski definition) is 9. The van der Waals surface area contributed by atoms with E-state index in [2.05, 4.69) is 52.1 Å². The topological polar surface area (TPSA) is 135 Å². The van der Waals surface area contributed by atoms with Crippen molar-refractivity contribution in [1.29, 1.82) is 0 Å². The predicted molar refractivity (Wildman–Crippen MR) is 180 cm³/mol. The monoisotopic (exact) mass is 631 g/mol. The third-order valence-corrected chi connectivity index (χ3v) is 8.92. The molecule has 5 heterocycles. The summed E-state index contributed by atoms with van der Waals surface area (Å²) in [5, 5.41) is 0. The van der Waals surface area contributed by atoms with Crippen molar-refractivity contribution >= 4 is 34.9 Å². The van der Waals surface area contributed by atoms with Crippen LogP contribution in [0.5, 0.6) is 0 Å². The Morgan fingerprint density at radius 2 is 1.70 bits per heavy atom. The van der Waals surface area contributed by atoms with Gasteiger partial charge in [-0.15, -0.1) is 0 Å². The lowest BCUT2D eigenvalue weighted by Crippen LogP contribution is -2.40. The molecule has 5 aromatic rings. The van der Waals surface area contributed by atoms with Crippen LogP contribution in [0.2, 0.25) is 0 Å². The number of amides is 2. The Morgan fingerprint density at radius 1 is 0.979 bits per heavy atom. The molecule has 12 heteroatoms. The number of carbonyl (C=O) groups is 2. The van der Waals surface area contributed by atoms with E-state index in [1.54, 1.807) is 37.5 Å². The van der Waals surface area contributed by atoms with Gasteiger partial charge < -0.3 is 29.6 Å². The van der Waals surface area contributed by atoms with Gasteiger partial charge in [0.25, 0.3) is 5.91 Å². The number of fused-ring (bicyclic) bond motifs is 2. The van der Waals surface area contributed by atoms with E-state index in [0.29, 0.717) is 61.3 Å². The van der Waals surface area contributed by atoms with Gasteiger partial charge in [0.15, 0.2) is 11.5 Å². The Morgan fingerprint density at radius 3 is 2.43 bits per heavy atom. The van der Waals surface area contributed by atoms with Crippen molar-refractivity contribution in [3.63, 3.8) is 0 Å². The summed E-state index contributed by atoms with van der Waals surface area (Å²) in [6, 6.07) is 14.8. The lowest BCUT2D eigenvalue weighted by atomic mass is 9.93. The van der Waals surface area contributed by atoms with Crippen LogP contribution >= 0.6 is 0 Å². The highest BCUT2D eigenvalue weighted by Crippen LogP contribution is 2.34. The second-order valence-corrected chi connectivity index (χ2v) is 12.2. The van der Waals surface area contributed by atoms with Gasteiger partial charge in [0, 0.05) is 75.7 Å². The van der Waals surface area contributed by atoms with E-state index in [4.69, 9.17) is 20.4 Å².